The van der Waals surface area contributed by atoms with Gasteiger partial charge < -0.3 is 5.11 Å². The molecule has 0 saturated carbocycles. The Bertz CT molecular complexity index is 623. The van der Waals surface area contributed by atoms with E-state index in [0.717, 1.165) is 11.6 Å². The molecule has 2 aromatic rings. The maximum absolute atomic E-state index is 13.8. The molecule has 0 saturated heterocycles. The Kier molecular flexibility index (Phi) is 3.34. The zero-order chi connectivity index (χ0) is 13.3. The predicted octanol–water partition coefficient (Wildman–Crippen LogP) is 4.15. The maximum atomic E-state index is 13.8. The van der Waals surface area contributed by atoms with Gasteiger partial charge >= 0.3 is 5.97 Å². The van der Waals surface area contributed by atoms with Crippen LogP contribution in [0.1, 0.15) is 15.9 Å². The van der Waals surface area contributed by atoms with E-state index in [-0.39, 0.29) is 11.1 Å². The molecule has 4 heteroatoms. The molecule has 0 spiro atoms. The van der Waals surface area contributed by atoms with Gasteiger partial charge in [-0.05, 0) is 48.4 Å². The summed E-state index contributed by atoms with van der Waals surface area (Å²) in [7, 11) is 0. The lowest BCUT2D eigenvalue weighted by atomic mass is 9.98. The van der Waals surface area contributed by atoms with Crippen molar-refractivity contribution < 1.29 is 14.3 Å². The van der Waals surface area contributed by atoms with E-state index in [0.29, 0.717) is 10.6 Å². The van der Waals surface area contributed by atoms with Gasteiger partial charge in [0, 0.05) is 10.6 Å². The van der Waals surface area contributed by atoms with Gasteiger partial charge in [-0.25, -0.2) is 9.18 Å². The van der Waals surface area contributed by atoms with Crippen molar-refractivity contribution >= 4 is 17.6 Å². The molecule has 0 fully saturated rings. The number of rotatable bonds is 2. The normalized spacial score (nSPS) is 10.4. The summed E-state index contributed by atoms with van der Waals surface area (Å²) in [5.41, 5.74) is 1.76. The van der Waals surface area contributed by atoms with Crippen LogP contribution in [0.4, 0.5) is 4.39 Å². The SMILES string of the molecule is Cc1cc(Cl)ccc1-c1cc(C(=O)O)ccc1F. The van der Waals surface area contributed by atoms with Gasteiger partial charge in [0.2, 0.25) is 0 Å². The Morgan fingerprint density at radius 1 is 1.17 bits per heavy atom. The maximum Gasteiger partial charge on any atom is 0.335 e. The molecular formula is C14H10ClFO2. The summed E-state index contributed by atoms with van der Waals surface area (Å²) in [4.78, 5) is 10.9. The molecule has 0 unspecified atom stereocenters. The quantitative estimate of drug-likeness (QED) is 0.885. The molecule has 2 aromatic carbocycles. The Balaban J connectivity index is 2.62. The first-order chi connectivity index (χ1) is 8.49. The Hall–Kier alpha value is -1.87. The summed E-state index contributed by atoms with van der Waals surface area (Å²) in [6, 6.07) is 8.77. The van der Waals surface area contributed by atoms with E-state index in [1.54, 1.807) is 25.1 Å². The largest absolute Gasteiger partial charge is 0.478 e. The van der Waals surface area contributed by atoms with E-state index in [1.807, 2.05) is 0 Å². The molecule has 0 aromatic heterocycles. The topological polar surface area (TPSA) is 37.3 Å². The number of carbonyl (C=O) groups is 1. The summed E-state index contributed by atoms with van der Waals surface area (Å²) in [5.74, 6) is -1.53. The van der Waals surface area contributed by atoms with E-state index >= 15 is 0 Å². The van der Waals surface area contributed by atoms with E-state index in [1.165, 1.54) is 12.1 Å². The lowest BCUT2D eigenvalue weighted by molar-refractivity contribution is 0.0697. The molecule has 92 valence electrons. The molecule has 0 amide bonds. The van der Waals surface area contributed by atoms with Crippen LogP contribution >= 0.6 is 11.6 Å². The number of carboxylic acids is 1. The summed E-state index contributed by atoms with van der Waals surface area (Å²) in [6.07, 6.45) is 0. The van der Waals surface area contributed by atoms with Crippen LogP contribution in [-0.2, 0) is 0 Å². The fraction of sp³-hybridized carbons (Fsp3) is 0.0714. The second-order valence-corrected chi connectivity index (χ2v) is 4.40. The Morgan fingerprint density at radius 2 is 1.89 bits per heavy atom. The first kappa shape index (κ1) is 12.6. The minimum Gasteiger partial charge on any atom is -0.478 e. The molecule has 0 atom stereocenters. The van der Waals surface area contributed by atoms with Crippen molar-refractivity contribution in [2.75, 3.05) is 0 Å². The third-order valence-electron chi connectivity index (χ3n) is 2.69. The lowest BCUT2D eigenvalue weighted by Gasteiger charge is -2.08. The highest BCUT2D eigenvalue weighted by atomic mass is 35.5. The molecule has 0 aliphatic carbocycles. The molecule has 18 heavy (non-hydrogen) atoms. The van der Waals surface area contributed by atoms with E-state index < -0.39 is 11.8 Å². The molecule has 2 rings (SSSR count). The van der Waals surface area contributed by atoms with Crippen molar-refractivity contribution in [3.8, 4) is 11.1 Å². The third kappa shape index (κ3) is 2.36. The minimum atomic E-state index is -1.08. The number of benzene rings is 2. The first-order valence-electron chi connectivity index (χ1n) is 5.28. The van der Waals surface area contributed by atoms with Crippen LogP contribution < -0.4 is 0 Å². The van der Waals surface area contributed by atoms with Gasteiger partial charge in [0.15, 0.2) is 0 Å². The number of carboxylic acid groups (broad SMARTS) is 1. The van der Waals surface area contributed by atoms with Crippen LogP contribution in [0.15, 0.2) is 36.4 Å². The van der Waals surface area contributed by atoms with Gasteiger partial charge in [-0.2, -0.15) is 0 Å². The van der Waals surface area contributed by atoms with Crippen LogP contribution in [0.2, 0.25) is 5.02 Å². The Morgan fingerprint density at radius 3 is 2.50 bits per heavy atom. The second-order valence-electron chi connectivity index (χ2n) is 3.96. The Labute approximate surface area is 109 Å². The average Bonchev–Trinajstić information content (AvgIpc) is 2.30. The number of hydrogen-bond donors (Lipinski definition) is 1. The van der Waals surface area contributed by atoms with Gasteiger partial charge in [0.1, 0.15) is 5.82 Å². The van der Waals surface area contributed by atoms with Crippen LogP contribution in [0.3, 0.4) is 0 Å². The van der Waals surface area contributed by atoms with Crippen molar-refractivity contribution in [1.82, 2.24) is 0 Å². The molecule has 0 heterocycles. The second kappa shape index (κ2) is 4.78. The van der Waals surface area contributed by atoms with Gasteiger partial charge in [-0.15, -0.1) is 0 Å². The van der Waals surface area contributed by atoms with Crippen LogP contribution in [0.5, 0.6) is 0 Å². The van der Waals surface area contributed by atoms with Gasteiger partial charge in [0.05, 0.1) is 5.56 Å². The third-order valence-corrected chi connectivity index (χ3v) is 2.93. The molecule has 2 nitrogen and oxygen atoms in total. The molecule has 0 radical (unpaired) electrons. The fourth-order valence-electron chi connectivity index (χ4n) is 1.79. The van der Waals surface area contributed by atoms with Crippen molar-refractivity contribution in [3.63, 3.8) is 0 Å². The van der Waals surface area contributed by atoms with Gasteiger partial charge in [-0.1, -0.05) is 17.7 Å². The van der Waals surface area contributed by atoms with Crippen molar-refractivity contribution in [2.45, 2.75) is 6.92 Å². The standard InChI is InChI=1S/C14H10ClFO2/c1-8-6-10(15)3-4-11(8)12-7-9(14(17)18)2-5-13(12)16/h2-7H,1H3,(H,17,18). The van der Waals surface area contributed by atoms with Crippen LogP contribution in [0, 0.1) is 12.7 Å². The lowest BCUT2D eigenvalue weighted by Crippen LogP contribution is -1.98. The van der Waals surface area contributed by atoms with Crippen molar-refractivity contribution in [2.24, 2.45) is 0 Å². The number of hydrogen-bond acceptors (Lipinski definition) is 1. The minimum absolute atomic E-state index is 0.0563. The van der Waals surface area contributed by atoms with Crippen molar-refractivity contribution in [1.29, 1.82) is 0 Å². The average molecular weight is 265 g/mol. The van der Waals surface area contributed by atoms with E-state index in [4.69, 9.17) is 16.7 Å². The summed E-state index contributed by atoms with van der Waals surface area (Å²) in [6.45, 7) is 1.80. The molecule has 0 aliphatic rings. The summed E-state index contributed by atoms with van der Waals surface area (Å²) in [5, 5.41) is 9.48. The predicted molar refractivity (Wildman–Crippen MR) is 68.5 cm³/mol. The summed E-state index contributed by atoms with van der Waals surface area (Å²) >= 11 is 5.84. The van der Waals surface area contributed by atoms with E-state index in [2.05, 4.69) is 0 Å². The fourth-order valence-corrected chi connectivity index (χ4v) is 2.02. The molecular weight excluding hydrogens is 255 g/mol. The smallest absolute Gasteiger partial charge is 0.335 e. The molecule has 0 bridgehead atoms. The van der Waals surface area contributed by atoms with Crippen molar-refractivity contribution in [3.05, 3.63) is 58.4 Å². The molecule has 1 N–H and O–H groups in total. The number of aryl methyl sites for hydroxylation is 1. The highest BCUT2D eigenvalue weighted by Crippen LogP contribution is 2.29. The van der Waals surface area contributed by atoms with Gasteiger partial charge in [-0.3, -0.25) is 0 Å². The zero-order valence-corrected chi connectivity index (χ0v) is 10.3. The van der Waals surface area contributed by atoms with Crippen LogP contribution in [0.25, 0.3) is 11.1 Å². The molecule has 0 aliphatic heterocycles. The first-order valence-corrected chi connectivity index (χ1v) is 5.66. The van der Waals surface area contributed by atoms with E-state index in [9.17, 15) is 9.18 Å². The van der Waals surface area contributed by atoms with Gasteiger partial charge in [0.25, 0.3) is 0 Å². The zero-order valence-electron chi connectivity index (χ0n) is 9.58. The number of halogens is 2. The monoisotopic (exact) mass is 264 g/mol. The highest BCUT2D eigenvalue weighted by molar-refractivity contribution is 6.30. The highest BCUT2D eigenvalue weighted by Gasteiger charge is 2.12. The summed E-state index contributed by atoms with van der Waals surface area (Å²) < 4.78 is 13.8. The van der Waals surface area contributed by atoms with Crippen LogP contribution in [-0.4, -0.2) is 11.1 Å². The number of aromatic carboxylic acids is 1.